The van der Waals surface area contributed by atoms with Crippen LogP contribution in [0.3, 0.4) is 0 Å². The molecule has 0 aliphatic heterocycles. The Hall–Kier alpha value is -0.980. The van der Waals surface area contributed by atoms with Crippen molar-refractivity contribution in [3.63, 3.8) is 0 Å². The number of phenolic OH excluding ortho intramolecular Hbond substituents is 1. The molecule has 0 fully saturated rings. The van der Waals surface area contributed by atoms with Gasteiger partial charge in [0.05, 0.1) is 0 Å². The number of halogens is 1. The standard InChI is InChI=1S/C13H16BrNO/c1-3-5-11(4-2)15-9-10-8-12(16)6-7-13(10)14/h1,6-8,11,15-16H,4-5,9H2,2H3. The number of benzene rings is 1. The molecule has 86 valence electrons. The van der Waals surface area contributed by atoms with Gasteiger partial charge in [0.1, 0.15) is 5.75 Å². The van der Waals surface area contributed by atoms with Gasteiger partial charge in [-0.25, -0.2) is 0 Å². The van der Waals surface area contributed by atoms with Crippen molar-refractivity contribution in [3.05, 3.63) is 28.2 Å². The average molecular weight is 282 g/mol. The van der Waals surface area contributed by atoms with Crippen LogP contribution < -0.4 is 5.32 Å². The lowest BCUT2D eigenvalue weighted by Gasteiger charge is -2.15. The molecule has 0 aromatic heterocycles. The fourth-order valence-electron chi connectivity index (χ4n) is 1.45. The molecule has 1 aromatic rings. The van der Waals surface area contributed by atoms with Crippen molar-refractivity contribution in [3.8, 4) is 18.1 Å². The number of terminal acetylenes is 1. The van der Waals surface area contributed by atoms with Crippen molar-refractivity contribution in [2.45, 2.75) is 32.4 Å². The Morgan fingerprint density at radius 3 is 2.94 bits per heavy atom. The maximum Gasteiger partial charge on any atom is 0.115 e. The van der Waals surface area contributed by atoms with E-state index in [0.717, 1.165) is 22.9 Å². The molecular formula is C13H16BrNO. The van der Waals surface area contributed by atoms with Gasteiger partial charge in [-0.2, -0.15) is 0 Å². The van der Waals surface area contributed by atoms with E-state index in [1.165, 1.54) is 0 Å². The molecule has 0 amide bonds. The fraction of sp³-hybridized carbons (Fsp3) is 0.385. The number of hydrogen-bond donors (Lipinski definition) is 2. The summed E-state index contributed by atoms with van der Waals surface area (Å²) in [5, 5.41) is 12.8. The van der Waals surface area contributed by atoms with E-state index in [1.54, 1.807) is 12.1 Å². The summed E-state index contributed by atoms with van der Waals surface area (Å²) >= 11 is 3.45. The molecule has 1 atom stereocenters. The molecule has 0 saturated heterocycles. The van der Waals surface area contributed by atoms with Gasteiger partial charge in [-0.15, -0.1) is 12.3 Å². The van der Waals surface area contributed by atoms with Crippen molar-refractivity contribution in [2.24, 2.45) is 0 Å². The first kappa shape index (κ1) is 13.1. The SMILES string of the molecule is C#CCC(CC)NCc1cc(O)ccc1Br. The fourth-order valence-corrected chi connectivity index (χ4v) is 1.84. The number of hydrogen-bond acceptors (Lipinski definition) is 2. The van der Waals surface area contributed by atoms with E-state index < -0.39 is 0 Å². The summed E-state index contributed by atoms with van der Waals surface area (Å²) in [5.41, 5.74) is 1.04. The van der Waals surface area contributed by atoms with Crippen LogP contribution in [0.15, 0.2) is 22.7 Å². The summed E-state index contributed by atoms with van der Waals surface area (Å²) in [6.07, 6.45) is 7.02. The number of aromatic hydroxyl groups is 1. The highest BCUT2D eigenvalue weighted by atomic mass is 79.9. The Labute approximate surface area is 105 Å². The number of rotatable bonds is 5. The van der Waals surface area contributed by atoms with Crippen LogP contribution in [0.25, 0.3) is 0 Å². The van der Waals surface area contributed by atoms with E-state index >= 15 is 0 Å². The summed E-state index contributed by atoms with van der Waals surface area (Å²) in [6.45, 7) is 2.81. The second kappa shape index (κ2) is 6.57. The highest BCUT2D eigenvalue weighted by Crippen LogP contribution is 2.21. The van der Waals surface area contributed by atoms with Crippen LogP contribution in [0.5, 0.6) is 5.75 Å². The van der Waals surface area contributed by atoms with Gasteiger partial charge in [0.15, 0.2) is 0 Å². The molecule has 0 saturated carbocycles. The molecule has 0 bridgehead atoms. The van der Waals surface area contributed by atoms with Crippen LogP contribution in [-0.2, 0) is 6.54 Å². The molecule has 0 aliphatic carbocycles. The first-order valence-corrected chi connectivity index (χ1v) is 6.11. The molecule has 3 heteroatoms. The van der Waals surface area contributed by atoms with Crippen LogP contribution >= 0.6 is 15.9 Å². The quantitative estimate of drug-likeness (QED) is 0.814. The van der Waals surface area contributed by atoms with Crippen LogP contribution in [0.4, 0.5) is 0 Å². The molecule has 0 aliphatic rings. The lowest BCUT2D eigenvalue weighted by atomic mass is 10.1. The maximum absolute atomic E-state index is 9.38. The average Bonchev–Trinajstić information content (AvgIpc) is 2.28. The van der Waals surface area contributed by atoms with Crippen molar-refractivity contribution in [2.75, 3.05) is 0 Å². The van der Waals surface area contributed by atoms with Gasteiger partial charge in [-0.1, -0.05) is 22.9 Å². The topological polar surface area (TPSA) is 32.3 Å². The molecule has 0 heterocycles. The minimum atomic E-state index is 0.282. The van der Waals surface area contributed by atoms with Crippen LogP contribution in [-0.4, -0.2) is 11.1 Å². The molecule has 1 rings (SSSR count). The lowest BCUT2D eigenvalue weighted by Crippen LogP contribution is -2.27. The van der Waals surface area contributed by atoms with E-state index in [9.17, 15) is 5.11 Å². The number of phenols is 1. The highest BCUT2D eigenvalue weighted by molar-refractivity contribution is 9.10. The first-order chi connectivity index (χ1) is 7.67. The van der Waals surface area contributed by atoms with E-state index in [0.29, 0.717) is 12.6 Å². The van der Waals surface area contributed by atoms with Crippen molar-refractivity contribution in [1.29, 1.82) is 0 Å². The Morgan fingerprint density at radius 1 is 1.56 bits per heavy atom. The largest absolute Gasteiger partial charge is 0.508 e. The Kier molecular flexibility index (Phi) is 5.37. The molecule has 2 N–H and O–H groups in total. The van der Waals surface area contributed by atoms with Crippen LogP contribution in [0.1, 0.15) is 25.3 Å². The maximum atomic E-state index is 9.38. The van der Waals surface area contributed by atoms with Crippen LogP contribution in [0, 0.1) is 12.3 Å². The monoisotopic (exact) mass is 281 g/mol. The van der Waals surface area contributed by atoms with Crippen molar-refractivity contribution in [1.82, 2.24) is 5.32 Å². The van der Waals surface area contributed by atoms with Gasteiger partial charge in [0, 0.05) is 23.5 Å². The zero-order chi connectivity index (χ0) is 12.0. The lowest BCUT2D eigenvalue weighted by molar-refractivity contribution is 0.471. The molecule has 2 nitrogen and oxygen atoms in total. The van der Waals surface area contributed by atoms with E-state index in [2.05, 4.69) is 34.1 Å². The first-order valence-electron chi connectivity index (χ1n) is 5.31. The van der Waals surface area contributed by atoms with Gasteiger partial charge >= 0.3 is 0 Å². The van der Waals surface area contributed by atoms with Gasteiger partial charge in [-0.05, 0) is 30.2 Å². The second-order valence-electron chi connectivity index (χ2n) is 3.67. The predicted octanol–water partition coefficient (Wildman–Crippen LogP) is 3.05. The predicted molar refractivity (Wildman–Crippen MR) is 70.2 cm³/mol. The molecule has 0 spiro atoms. The van der Waals surface area contributed by atoms with E-state index in [4.69, 9.17) is 6.42 Å². The summed E-state index contributed by atoms with van der Waals surface area (Å²) in [5.74, 6) is 2.94. The zero-order valence-electron chi connectivity index (χ0n) is 9.33. The molecule has 0 radical (unpaired) electrons. The molecule has 1 aromatic carbocycles. The van der Waals surface area contributed by atoms with Crippen molar-refractivity contribution < 1.29 is 5.11 Å². The second-order valence-corrected chi connectivity index (χ2v) is 4.52. The molecular weight excluding hydrogens is 266 g/mol. The summed E-state index contributed by atoms with van der Waals surface area (Å²) in [4.78, 5) is 0. The van der Waals surface area contributed by atoms with Crippen LogP contribution in [0.2, 0.25) is 0 Å². The third-order valence-electron chi connectivity index (χ3n) is 2.47. The third kappa shape index (κ3) is 3.88. The van der Waals surface area contributed by atoms with Gasteiger partial charge in [0.25, 0.3) is 0 Å². The van der Waals surface area contributed by atoms with Crippen molar-refractivity contribution >= 4 is 15.9 Å². The zero-order valence-corrected chi connectivity index (χ0v) is 10.9. The summed E-state index contributed by atoms with van der Waals surface area (Å²) < 4.78 is 0.994. The molecule has 1 unspecified atom stereocenters. The number of nitrogens with one attached hydrogen (secondary N) is 1. The Bertz CT molecular complexity index is 384. The van der Waals surface area contributed by atoms with E-state index in [1.807, 2.05) is 6.07 Å². The normalized spacial score (nSPS) is 12.1. The smallest absolute Gasteiger partial charge is 0.115 e. The Morgan fingerprint density at radius 2 is 2.31 bits per heavy atom. The third-order valence-corrected chi connectivity index (χ3v) is 3.24. The van der Waals surface area contributed by atoms with Gasteiger partial charge in [0.2, 0.25) is 0 Å². The summed E-state index contributed by atoms with van der Waals surface area (Å²) in [6, 6.07) is 5.58. The summed E-state index contributed by atoms with van der Waals surface area (Å²) in [7, 11) is 0. The highest BCUT2D eigenvalue weighted by Gasteiger charge is 2.06. The van der Waals surface area contributed by atoms with Gasteiger partial charge in [-0.3, -0.25) is 0 Å². The minimum absolute atomic E-state index is 0.282. The Balaban J connectivity index is 2.60. The molecule has 16 heavy (non-hydrogen) atoms. The van der Waals surface area contributed by atoms with Gasteiger partial charge < -0.3 is 10.4 Å². The van der Waals surface area contributed by atoms with E-state index in [-0.39, 0.29) is 5.75 Å². The minimum Gasteiger partial charge on any atom is -0.508 e.